The third kappa shape index (κ3) is 4.47. The van der Waals surface area contributed by atoms with Gasteiger partial charge in [-0.15, -0.1) is 0 Å². The number of aromatic amines is 1. The Hall–Kier alpha value is -1.81. The van der Waals surface area contributed by atoms with Gasteiger partial charge in [-0.3, -0.25) is 4.79 Å². The molecule has 0 saturated heterocycles. The molecule has 26 heavy (non-hydrogen) atoms. The first-order valence-electron chi connectivity index (χ1n) is 9.67. The summed E-state index contributed by atoms with van der Waals surface area (Å²) in [5.74, 6) is 0.325. The summed E-state index contributed by atoms with van der Waals surface area (Å²) < 4.78 is 4.82. The molecular weight excluding hydrogens is 324 g/mol. The second-order valence-electron chi connectivity index (χ2n) is 8.36. The van der Waals surface area contributed by atoms with Gasteiger partial charge in [0.15, 0.2) is 0 Å². The maximum Gasteiger partial charge on any atom is 0.322 e. The van der Waals surface area contributed by atoms with E-state index in [1.165, 1.54) is 24.8 Å². The molecule has 1 aromatic carbocycles. The Labute approximate surface area is 157 Å². The van der Waals surface area contributed by atoms with Crippen molar-refractivity contribution in [3.8, 4) is 0 Å². The van der Waals surface area contributed by atoms with Gasteiger partial charge >= 0.3 is 5.97 Å². The van der Waals surface area contributed by atoms with Crippen LogP contribution in [0.15, 0.2) is 18.2 Å². The fourth-order valence-electron chi connectivity index (χ4n) is 3.33. The molecule has 1 atom stereocenters. The van der Waals surface area contributed by atoms with Crippen molar-refractivity contribution in [1.82, 2.24) is 4.98 Å². The minimum Gasteiger partial charge on any atom is -0.468 e. The van der Waals surface area contributed by atoms with Crippen LogP contribution in [-0.4, -0.2) is 24.1 Å². The monoisotopic (exact) mass is 358 g/mol. The quantitative estimate of drug-likeness (QED) is 0.683. The molecule has 0 saturated carbocycles. The lowest BCUT2D eigenvalue weighted by Crippen LogP contribution is -2.34. The molecule has 0 bridgehead atoms. The molecule has 0 aliphatic carbocycles. The molecule has 4 heteroatoms. The maximum absolute atomic E-state index is 11.9. The number of methoxy groups -OCH3 is 1. The Morgan fingerprint density at radius 2 is 2.00 bits per heavy atom. The lowest BCUT2D eigenvalue weighted by atomic mass is 9.82. The molecule has 0 aliphatic rings. The molecule has 0 amide bonds. The number of aromatic nitrogens is 1. The van der Waals surface area contributed by atoms with Crippen LogP contribution in [0.1, 0.15) is 64.3 Å². The van der Waals surface area contributed by atoms with E-state index in [9.17, 15) is 4.79 Å². The minimum atomic E-state index is -0.647. The second kappa shape index (κ2) is 8.26. The molecule has 1 unspecified atom stereocenters. The molecule has 1 heterocycles. The van der Waals surface area contributed by atoms with Gasteiger partial charge < -0.3 is 15.5 Å². The summed E-state index contributed by atoms with van der Waals surface area (Å²) in [5.41, 5.74) is 10.9. The van der Waals surface area contributed by atoms with Crippen LogP contribution in [0.3, 0.4) is 0 Å². The molecule has 0 radical (unpaired) electrons. The predicted octanol–water partition coefficient (Wildman–Crippen LogP) is 4.49. The van der Waals surface area contributed by atoms with Crippen LogP contribution in [0.2, 0.25) is 0 Å². The summed E-state index contributed by atoms with van der Waals surface area (Å²) in [7, 11) is 1.38. The lowest BCUT2D eigenvalue weighted by Gasteiger charge is -2.24. The van der Waals surface area contributed by atoms with Crippen molar-refractivity contribution >= 4 is 16.9 Å². The standard InChI is InChI=1S/C22H34N2O2/c1-7-22(4,5)20-17(13-18(23)21(25)26-6)16-11-10-15(9-8-14(2)3)12-19(16)24-20/h10-12,14,18,24H,7-9,13,23H2,1-6H3. The highest BCUT2D eigenvalue weighted by atomic mass is 16.5. The molecule has 0 aliphatic heterocycles. The van der Waals surface area contributed by atoms with E-state index in [0.717, 1.165) is 29.3 Å². The topological polar surface area (TPSA) is 68.1 Å². The van der Waals surface area contributed by atoms with Crippen LogP contribution >= 0.6 is 0 Å². The van der Waals surface area contributed by atoms with Crippen molar-refractivity contribution in [2.24, 2.45) is 11.7 Å². The Balaban J connectivity index is 2.48. The van der Waals surface area contributed by atoms with Crippen molar-refractivity contribution in [1.29, 1.82) is 0 Å². The van der Waals surface area contributed by atoms with E-state index >= 15 is 0 Å². The Bertz CT molecular complexity index is 759. The average Bonchev–Trinajstić information content (AvgIpc) is 2.97. The number of fused-ring (bicyclic) bond motifs is 1. The number of H-pyrrole nitrogens is 1. The van der Waals surface area contributed by atoms with Gasteiger partial charge in [0.1, 0.15) is 6.04 Å². The molecule has 0 fully saturated rings. The van der Waals surface area contributed by atoms with Gasteiger partial charge in [0.25, 0.3) is 0 Å². The number of rotatable bonds is 8. The van der Waals surface area contributed by atoms with Crippen LogP contribution in [0.25, 0.3) is 10.9 Å². The highest BCUT2D eigenvalue weighted by Crippen LogP contribution is 2.35. The number of carbonyl (C=O) groups is 1. The van der Waals surface area contributed by atoms with Gasteiger partial charge in [-0.1, -0.05) is 46.8 Å². The summed E-state index contributed by atoms with van der Waals surface area (Å²) in [6, 6.07) is 5.98. The Morgan fingerprint density at radius 3 is 2.58 bits per heavy atom. The molecular formula is C22H34N2O2. The van der Waals surface area contributed by atoms with Gasteiger partial charge in [-0.05, 0) is 42.4 Å². The molecule has 0 spiro atoms. The van der Waals surface area contributed by atoms with Crippen LogP contribution in [0, 0.1) is 5.92 Å². The summed E-state index contributed by atoms with van der Waals surface area (Å²) in [6.45, 7) is 11.1. The fraction of sp³-hybridized carbons (Fsp3) is 0.591. The number of ether oxygens (including phenoxy) is 1. The average molecular weight is 359 g/mol. The van der Waals surface area contributed by atoms with Crippen molar-refractivity contribution in [3.63, 3.8) is 0 Å². The summed E-state index contributed by atoms with van der Waals surface area (Å²) in [6.07, 6.45) is 3.74. The molecule has 4 nitrogen and oxygen atoms in total. The van der Waals surface area contributed by atoms with E-state index in [1.54, 1.807) is 0 Å². The van der Waals surface area contributed by atoms with Crippen LogP contribution < -0.4 is 5.73 Å². The second-order valence-corrected chi connectivity index (χ2v) is 8.36. The minimum absolute atomic E-state index is 0.0116. The predicted molar refractivity (Wildman–Crippen MR) is 108 cm³/mol. The van der Waals surface area contributed by atoms with Gasteiger partial charge in [0.05, 0.1) is 7.11 Å². The SMILES string of the molecule is CCC(C)(C)c1[nH]c2cc(CCC(C)C)ccc2c1CC(N)C(=O)OC. The molecule has 2 rings (SSSR count). The summed E-state index contributed by atoms with van der Waals surface area (Å²) >= 11 is 0. The molecule has 1 aromatic heterocycles. The number of aryl methyl sites for hydroxylation is 1. The van der Waals surface area contributed by atoms with Crippen LogP contribution in [0.5, 0.6) is 0 Å². The first-order valence-corrected chi connectivity index (χ1v) is 9.67. The largest absolute Gasteiger partial charge is 0.468 e. The van der Waals surface area contributed by atoms with E-state index in [1.807, 2.05) is 0 Å². The first kappa shape index (κ1) is 20.5. The normalized spacial score (nSPS) is 13.4. The zero-order chi connectivity index (χ0) is 19.5. The number of benzene rings is 1. The van der Waals surface area contributed by atoms with E-state index in [0.29, 0.717) is 12.3 Å². The van der Waals surface area contributed by atoms with E-state index in [2.05, 4.69) is 57.8 Å². The summed E-state index contributed by atoms with van der Waals surface area (Å²) in [4.78, 5) is 15.5. The Kier molecular flexibility index (Phi) is 6.51. The zero-order valence-corrected chi connectivity index (χ0v) is 17.1. The van der Waals surface area contributed by atoms with Crippen molar-refractivity contribution in [3.05, 3.63) is 35.0 Å². The smallest absolute Gasteiger partial charge is 0.322 e. The van der Waals surface area contributed by atoms with Gasteiger partial charge in [-0.25, -0.2) is 0 Å². The first-order chi connectivity index (χ1) is 12.2. The van der Waals surface area contributed by atoms with E-state index in [-0.39, 0.29) is 11.4 Å². The number of hydrogen-bond donors (Lipinski definition) is 2. The van der Waals surface area contributed by atoms with Gasteiger partial charge in [-0.2, -0.15) is 0 Å². The maximum atomic E-state index is 11.9. The number of hydrogen-bond acceptors (Lipinski definition) is 3. The Morgan fingerprint density at radius 1 is 1.31 bits per heavy atom. The van der Waals surface area contributed by atoms with Gasteiger partial charge in [0.2, 0.25) is 0 Å². The number of nitrogens with one attached hydrogen (secondary N) is 1. The van der Waals surface area contributed by atoms with E-state index < -0.39 is 6.04 Å². The number of esters is 1. The summed E-state index contributed by atoms with van der Waals surface area (Å²) in [5, 5.41) is 1.16. The third-order valence-electron chi connectivity index (χ3n) is 5.47. The van der Waals surface area contributed by atoms with Gasteiger partial charge in [0, 0.05) is 28.4 Å². The van der Waals surface area contributed by atoms with Crippen LogP contribution in [-0.2, 0) is 27.8 Å². The number of nitrogens with two attached hydrogens (primary N) is 1. The molecule has 2 aromatic rings. The molecule has 144 valence electrons. The van der Waals surface area contributed by atoms with E-state index in [4.69, 9.17) is 10.5 Å². The van der Waals surface area contributed by atoms with Crippen LogP contribution in [0.4, 0.5) is 0 Å². The van der Waals surface area contributed by atoms with Crippen molar-refractivity contribution in [2.45, 2.75) is 71.8 Å². The lowest BCUT2D eigenvalue weighted by molar-refractivity contribution is -0.142. The van der Waals surface area contributed by atoms with Crippen molar-refractivity contribution < 1.29 is 9.53 Å². The fourth-order valence-corrected chi connectivity index (χ4v) is 3.33. The van der Waals surface area contributed by atoms with Crippen molar-refractivity contribution in [2.75, 3.05) is 7.11 Å². The highest BCUT2D eigenvalue weighted by molar-refractivity contribution is 5.87. The third-order valence-corrected chi connectivity index (χ3v) is 5.47. The highest BCUT2D eigenvalue weighted by Gasteiger charge is 2.28. The molecule has 3 N–H and O–H groups in total. The number of carbonyl (C=O) groups excluding carboxylic acids is 1. The zero-order valence-electron chi connectivity index (χ0n) is 17.1.